The van der Waals surface area contributed by atoms with Crippen molar-refractivity contribution >= 4 is 18.0 Å². The van der Waals surface area contributed by atoms with Crippen LogP contribution in [-0.4, -0.2) is 82.6 Å². The first kappa shape index (κ1) is 25.9. The van der Waals surface area contributed by atoms with Gasteiger partial charge in [0.25, 0.3) is 5.91 Å². The Morgan fingerprint density at radius 2 is 1.94 bits per heavy atom. The van der Waals surface area contributed by atoms with Crippen molar-refractivity contribution in [3.63, 3.8) is 0 Å². The number of nitrogens with zero attached hydrogens (tertiary/aromatic N) is 4. The maximum absolute atomic E-state index is 13.5. The molecule has 1 atom stereocenters. The summed E-state index contributed by atoms with van der Waals surface area (Å²) >= 11 is 0. The summed E-state index contributed by atoms with van der Waals surface area (Å²) in [7, 11) is 2.06. The Bertz CT molecular complexity index is 1140. The highest BCUT2D eigenvalue weighted by Crippen LogP contribution is 2.42. The number of benzene rings is 1. The summed E-state index contributed by atoms with van der Waals surface area (Å²) in [6.07, 6.45) is 4.40. The van der Waals surface area contributed by atoms with Crippen LogP contribution in [-0.2, 0) is 6.54 Å². The third-order valence-electron chi connectivity index (χ3n) is 6.80. The standard InChI is InChI=1S/C28H37N5O3/c1-5-7-20-8-6-9-21(16-20)26-25-22(18-33(24(25)10-15-34)28(36)29-19(2)3)17-23(30-26)27(35)32-13-11-31(4)12-14-32/h5-9,16-17,19,24,34H,10-15,18H2,1-4H3,(H,29,36)/b7-5+/t24-/m0/s1. The van der Waals surface area contributed by atoms with E-state index in [1.165, 1.54) is 0 Å². The van der Waals surface area contributed by atoms with Crippen molar-refractivity contribution in [2.24, 2.45) is 0 Å². The summed E-state index contributed by atoms with van der Waals surface area (Å²) in [5.41, 5.74) is 4.85. The number of amides is 3. The van der Waals surface area contributed by atoms with Crippen LogP contribution in [0.1, 0.15) is 60.4 Å². The second-order valence-corrected chi connectivity index (χ2v) is 9.91. The van der Waals surface area contributed by atoms with Gasteiger partial charge in [0, 0.05) is 56.5 Å². The molecule has 2 aliphatic rings. The zero-order chi connectivity index (χ0) is 25.8. The topological polar surface area (TPSA) is 89.0 Å². The van der Waals surface area contributed by atoms with E-state index in [0.29, 0.717) is 37.4 Å². The SMILES string of the molecule is C/C=C/c1cccc(-c2nc(C(=O)N3CCN(C)CC3)cc3c2[C@H](CCO)N(C(=O)NC(C)C)C3)c1. The number of allylic oxidation sites excluding steroid dienone is 1. The Morgan fingerprint density at radius 1 is 1.19 bits per heavy atom. The molecule has 0 bridgehead atoms. The van der Waals surface area contributed by atoms with Crippen LogP contribution in [0.25, 0.3) is 17.3 Å². The molecule has 1 fully saturated rings. The van der Waals surface area contributed by atoms with E-state index < -0.39 is 0 Å². The molecule has 8 heteroatoms. The number of piperazine rings is 1. The van der Waals surface area contributed by atoms with Gasteiger partial charge in [0.2, 0.25) is 0 Å². The van der Waals surface area contributed by atoms with Gasteiger partial charge in [-0.25, -0.2) is 9.78 Å². The highest BCUT2D eigenvalue weighted by atomic mass is 16.3. The molecule has 2 aromatic rings. The van der Waals surface area contributed by atoms with Crippen molar-refractivity contribution in [3.05, 3.63) is 58.8 Å². The van der Waals surface area contributed by atoms with Gasteiger partial charge in [0.1, 0.15) is 5.69 Å². The number of likely N-dealkylation sites (N-methyl/N-ethyl adjacent to an activating group) is 1. The number of carbonyl (C=O) groups excluding carboxylic acids is 2. The first-order valence-electron chi connectivity index (χ1n) is 12.7. The maximum atomic E-state index is 13.5. The van der Waals surface area contributed by atoms with E-state index in [0.717, 1.165) is 35.3 Å². The Kier molecular flexibility index (Phi) is 8.06. The average molecular weight is 492 g/mol. The molecule has 8 nitrogen and oxygen atoms in total. The largest absolute Gasteiger partial charge is 0.396 e. The number of rotatable bonds is 6. The summed E-state index contributed by atoms with van der Waals surface area (Å²) in [6.45, 7) is 9.12. The van der Waals surface area contributed by atoms with Crippen molar-refractivity contribution in [1.82, 2.24) is 25.0 Å². The number of aliphatic hydroxyl groups excluding tert-OH is 1. The fourth-order valence-electron chi connectivity index (χ4n) is 5.01. The molecule has 0 spiro atoms. The minimum Gasteiger partial charge on any atom is -0.396 e. The van der Waals surface area contributed by atoms with Crippen LogP contribution in [0.4, 0.5) is 4.79 Å². The van der Waals surface area contributed by atoms with E-state index in [1.807, 2.05) is 62.1 Å². The molecule has 1 saturated heterocycles. The van der Waals surface area contributed by atoms with Crippen LogP contribution in [0.3, 0.4) is 0 Å². The van der Waals surface area contributed by atoms with Gasteiger partial charge < -0.3 is 25.1 Å². The number of aliphatic hydroxyl groups is 1. The van der Waals surface area contributed by atoms with Crippen LogP contribution in [0.5, 0.6) is 0 Å². The first-order chi connectivity index (χ1) is 17.3. The van der Waals surface area contributed by atoms with Gasteiger partial charge in [0.05, 0.1) is 11.7 Å². The Hall–Kier alpha value is -3.23. The zero-order valence-electron chi connectivity index (χ0n) is 21.7. The molecule has 0 aliphatic carbocycles. The number of carbonyl (C=O) groups is 2. The second-order valence-electron chi connectivity index (χ2n) is 9.91. The van der Waals surface area contributed by atoms with Crippen molar-refractivity contribution in [2.45, 2.75) is 45.8 Å². The van der Waals surface area contributed by atoms with E-state index in [9.17, 15) is 14.7 Å². The Labute approximate surface area is 213 Å². The summed E-state index contributed by atoms with van der Waals surface area (Å²) in [5.74, 6) is -0.0828. The highest BCUT2D eigenvalue weighted by molar-refractivity contribution is 5.94. The van der Waals surface area contributed by atoms with Gasteiger partial charge in [-0.3, -0.25) is 4.79 Å². The number of pyridine rings is 1. The molecule has 1 aromatic carbocycles. The van der Waals surface area contributed by atoms with Crippen molar-refractivity contribution < 1.29 is 14.7 Å². The van der Waals surface area contributed by atoms with E-state index in [2.05, 4.69) is 23.3 Å². The molecule has 36 heavy (non-hydrogen) atoms. The third kappa shape index (κ3) is 5.44. The number of aromatic nitrogens is 1. The van der Waals surface area contributed by atoms with Gasteiger partial charge in [-0.05, 0) is 57.5 Å². The second kappa shape index (κ2) is 11.2. The number of urea groups is 1. The van der Waals surface area contributed by atoms with Gasteiger partial charge >= 0.3 is 6.03 Å². The molecule has 2 aliphatic heterocycles. The monoisotopic (exact) mass is 491 g/mol. The fraction of sp³-hybridized carbons (Fsp3) is 0.464. The van der Waals surface area contributed by atoms with Crippen LogP contribution < -0.4 is 5.32 Å². The molecule has 1 aromatic heterocycles. The number of hydrogen-bond acceptors (Lipinski definition) is 5. The van der Waals surface area contributed by atoms with Crippen LogP contribution in [0.15, 0.2) is 36.4 Å². The quantitative estimate of drug-likeness (QED) is 0.646. The third-order valence-corrected chi connectivity index (χ3v) is 6.80. The molecular weight excluding hydrogens is 454 g/mol. The fourth-order valence-corrected chi connectivity index (χ4v) is 5.01. The van der Waals surface area contributed by atoms with E-state index in [4.69, 9.17) is 4.98 Å². The first-order valence-corrected chi connectivity index (χ1v) is 12.7. The normalized spacial score (nSPS) is 18.2. The molecular formula is C28H37N5O3. The van der Waals surface area contributed by atoms with Gasteiger partial charge in [0.15, 0.2) is 0 Å². The molecule has 0 saturated carbocycles. The summed E-state index contributed by atoms with van der Waals surface area (Å²) in [6, 6.07) is 9.38. The number of fused-ring (bicyclic) bond motifs is 1. The molecule has 3 amide bonds. The predicted molar refractivity (Wildman–Crippen MR) is 141 cm³/mol. The lowest BCUT2D eigenvalue weighted by Crippen LogP contribution is -2.47. The lowest BCUT2D eigenvalue weighted by atomic mass is 9.94. The van der Waals surface area contributed by atoms with E-state index in [1.54, 1.807) is 4.90 Å². The van der Waals surface area contributed by atoms with Gasteiger partial charge in [-0.15, -0.1) is 0 Å². The molecule has 192 valence electrons. The van der Waals surface area contributed by atoms with E-state index in [-0.39, 0.29) is 30.6 Å². The predicted octanol–water partition coefficient (Wildman–Crippen LogP) is 3.53. The molecule has 0 unspecified atom stereocenters. The van der Waals surface area contributed by atoms with Crippen LogP contribution in [0.2, 0.25) is 0 Å². The average Bonchev–Trinajstić information content (AvgIpc) is 3.22. The lowest BCUT2D eigenvalue weighted by molar-refractivity contribution is 0.0658. The van der Waals surface area contributed by atoms with Crippen LogP contribution >= 0.6 is 0 Å². The van der Waals surface area contributed by atoms with Gasteiger partial charge in [-0.1, -0.05) is 30.4 Å². The summed E-state index contributed by atoms with van der Waals surface area (Å²) in [4.78, 5) is 37.4. The van der Waals surface area contributed by atoms with E-state index >= 15 is 0 Å². The number of hydrogen-bond donors (Lipinski definition) is 2. The summed E-state index contributed by atoms with van der Waals surface area (Å²) < 4.78 is 0. The van der Waals surface area contributed by atoms with Crippen molar-refractivity contribution in [2.75, 3.05) is 39.8 Å². The molecule has 2 N–H and O–H groups in total. The lowest BCUT2D eigenvalue weighted by Gasteiger charge is -2.32. The van der Waals surface area contributed by atoms with Crippen molar-refractivity contribution in [3.8, 4) is 11.3 Å². The Morgan fingerprint density at radius 3 is 2.61 bits per heavy atom. The number of nitrogens with one attached hydrogen (secondary N) is 1. The molecule has 3 heterocycles. The molecule has 4 rings (SSSR count). The molecule has 0 radical (unpaired) electrons. The zero-order valence-corrected chi connectivity index (χ0v) is 21.7. The highest BCUT2D eigenvalue weighted by Gasteiger charge is 2.37. The van der Waals surface area contributed by atoms with Gasteiger partial charge in [-0.2, -0.15) is 0 Å². The smallest absolute Gasteiger partial charge is 0.318 e. The minimum atomic E-state index is -0.329. The van der Waals surface area contributed by atoms with Crippen molar-refractivity contribution in [1.29, 1.82) is 0 Å². The Balaban J connectivity index is 1.82. The summed E-state index contributed by atoms with van der Waals surface area (Å²) in [5, 5.41) is 12.9. The maximum Gasteiger partial charge on any atom is 0.318 e. The van der Waals surface area contributed by atoms with Crippen LogP contribution in [0, 0.1) is 0 Å². The minimum absolute atomic E-state index is 0.0135.